The largest absolute Gasteiger partial charge is 0.416 e. The molecule has 1 aromatic carbocycles. The third kappa shape index (κ3) is 4.32. The van der Waals surface area contributed by atoms with Crippen molar-refractivity contribution in [2.45, 2.75) is 25.9 Å². The fourth-order valence-corrected chi connectivity index (χ4v) is 2.03. The van der Waals surface area contributed by atoms with E-state index in [1.54, 1.807) is 10.9 Å². The summed E-state index contributed by atoms with van der Waals surface area (Å²) in [7, 11) is 0. The van der Waals surface area contributed by atoms with Gasteiger partial charge in [-0.25, -0.2) is 4.68 Å². The standard InChI is InChI=1S/C15H18F3N3/c1-2-19-9-3-4-12-10-20-21(11-12)14-7-5-13(6-8-14)15(16,17)18/h5-8,10-11,19H,2-4,9H2,1H3. The molecule has 2 rings (SSSR count). The van der Waals surface area contributed by atoms with Gasteiger partial charge in [-0.2, -0.15) is 18.3 Å². The Kier molecular flexibility index (Phi) is 5.01. The maximum absolute atomic E-state index is 12.5. The van der Waals surface area contributed by atoms with E-state index in [4.69, 9.17) is 0 Å². The summed E-state index contributed by atoms with van der Waals surface area (Å²) >= 11 is 0. The van der Waals surface area contributed by atoms with Gasteiger partial charge in [-0.05, 0) is 55.8 Å². The summed E-state index contributed by atoms with van der Waals surface area (Å²) in [6, 6.07) is 5.00. The van der Waals surface area contributed by atoms with Gasteiger partial charge in [0.2, 0.25) is 0 Å². The number of hydrogen-bond donors (Lipinski definition) is 1. The number of nitrogens with one attached hydrogen (secondary N) is 1. The van der Waals surface area contributed by atoms with Crippen LogP contribution in [-0.2, 0) is 12.6 Å². The summed E-state index contributed by atoms with van der Waals surface area (Å²) in [5.74, 6) is 0. The molecule has 1 aromatic heterocycles. The van der Waals surface area contributed by atoms with Gasteiger partial charge in [-0.15, -0.1) is 0 Å². The fraction of sp³-hybridized carbons (Fsp3) is 0.400. The van der Waals surface area contributed by atoms with Crippen molar-refractivity contribution in [3.05, 3.63) is 47.8 Å². The van der Waals surface area contributed by atoms with Crippen LogP contribution in [0.3, 0.4) is 0 Å². The van der Waals surface area contributed by atoms with Crippen LogP contribution in [0.5, 0.6) is 0 Å². The van der Waals surface area contributed by atoms with Crippen LogP contribution >= 0.6 is 0 Å². The highest BCUT2D eigenvalue weighted by Crippen LogP contribution is 2.29. The summed E-state index contributed by atoms with van der Waals surface area (Å²) in [5, 5.41) is 7.44. The minimum Gasteiger partial charge on any atom is -0.317 e. The number of alkyl halides is 3. The highest BCUT2D eigenvalue weighted by atomic mass is 19.4. The Morgan fingerprint density at radius 2 is 1.90 bits per heavy atom. The zero-order chi connectivity index (χ0) is 15.3. The molecule has 1 heterocycles. The van der Waals surface area contributed by atoms with Crippen molar-refractivity contribution >= 4 is 0 Å². The first-order valence-corrected chi connectivity index (χ1v) is 6.92. The van der Waals surface area contributed by atoms with Crippen molar-refractivity contribution < 1.29 is 13.2 Å². The van der Waals surface area contributed by atoms with Gasteiger partial charge in [0.05, 0.1) is 17.4 Å². The average molecular weight is 297 g/mol. The van der Waals surface area contributed by atoms with Crippen LogP contribution in [0, 0.1) is 0 Å². The zero-order valence-electron chi connectivity index (χ0n) is 11.8. The molecule has 0 radical (unpaired) electrons. The summed E-state index contributed by atoms with van der Waals surface area (Å²) < 4.78 is 39.1. The van der Waals surface area contributed by atoms with E-state index in [0.29, 0.717) is 5.69 Å². The van der Waals surface area contributed by atoms with Crippen molar-refractivity contribution in [3.8, 4) is 5.69 Å². The molecule has 21 heavy (non-hydrogen) atoms. The van der Waals surface area contributed by atoms with Gasteiger partial charge in [-0.3, -0.25) is 0 Å². The van der Waals surface area contributed by atoms with E-state index in [0.717, 1.165) is 43.6 Å². The van der Waals surface area contributed by atoms with Gasteiger partial charge in [0.25, 0.3) is 0 Å². The summed E-state index contributed by atoms with van der Waals surface area (Å²) in [6.45, 7) is 3.95. The molecule has 2 aromatic rings. The molecular weight excluding hydrogens is 279 g/mol. The number of nitrogens with zero attached hydrogens (tertiary/aromatic N) is 2. The molecule has 0 unspecified atom stereocenters. The molecule has 1 N–H and O–H groups in total. The van der Waals surface area contributed by atoms with E-state index >= 15 is 0 Å². The molecule has 0 saturated heterocycles. The molecule has 0 fully saturated rings. The van der Waals surface area contributed by atoms with Crippen LogP contribution in [0.25, 0.3) is 5.69 Å². The second kappa shape index (κ2) is 6.76. The Hall–Kier alpha value is -1.82. The van der Waals surface area contributed by atoms with E-state index in [1.807, 2.05) is 6.20 Å². The Labute approximate surface area is 121 Å². The minimum atomic E-state index is -4.31. The molecule has 0 atom stereocenters. The van der Waals surface area contributed by atoms with Gasteiger partial charge in [-0.1, -0.05) is 6.92 Å². The maximum atomic E-state index is 12.5. The molecule has 6 heteroatoms. The second-order valence-electron chi connectivity index (χ2n) is 4.79. The van der Waals surface area contributed by atoms with Crippen molar-refractivity contribution in [2.24, 2.45) is 0 Å². The van der Waals surface area contributed by atoms with Crippen LogP contribution in [-0.4, -0.2) is 22.9 Å². The van der Waals surface area contributed by atoms with Crippen LogP contribution in [0.4, 0.5) is 13.2 Å². The molecule has 0 amide bonds. The smallest absolute Gasteiger partial charge is 0.317 e. The molecule has 114 valence electrons. The van der Waals surface area contributed by atoms with E-state index in [-0.39, 0.29) is 0 Å². The SMILES string of the molecule is CCNCCCc1cnn(-c2ccc(C(F)(F)F)cc2)c1. The lowest BCUT2D eigenvalue weighted by Gasteiger charge is -2.07. The monoisotopic (exact) mass is 297 g/mol. The lowest BCUT2D eigenvalue weighted by atomic mass is 10.2. The quantitative estimate of drug-likeness (QED) is 0.828. The molecule has 0 aliphatic heterocycles. The van der Waals surface area contributed by atoms with Gasteiger partial charge in [0, 0.05) is 6.20 Å². The first kappa shape index (κ1) is 15.6. The first-order chi connectivity index (χ1) is 10.0. The normalized spacial score (nSPS) is 11.8. The predicted octanol–water partition coefficient (Wildman–Crippen LogP) is 3.43. The first-order valence-electron chi connectivity index (χ1n) is 6.92. The minimum absolute atomic E-state index is 0.626. The summed E-state index contributed by atoms with van der Waals surface area (Å²) in [5.41, 5.74) is 1.05. The highest BCUT2D eigenvalue weighted by molar-refractivity contribution is 5.35. The lowest BCUT2D eigenvalue weighted by Crippen LogP contribution is -2.14. The van der Waals surface area contributed by atoms with Crippen LogP contribution in [0.15, 0.2) is 36.7 Å². The lowest BCUT2D eigenvalue weighted by molar-refractivity contribution is -0.137. The van der Waals surface area contributed by atoms with E-state index in [2.05, 4.69) is 17.3 Å². The fourth-order valence-electron chi connectivity index (χ4n) is 2.03. The van der Waals surface area contributed by atoms with Gasteiger partial charge >= 0.3 is 6.18 Å². The average Bonchev–Trinajstić information content (AvgIpc) is 2.92. The predicted molar refractivity (Wildman–Crippen MR) is 75.4 cm³/mol. The number of rotatable bonds is 6. The van der Waals surface area contributed by atoms with Crippen LogP contribution < -0.4 is 5.32 Å². The van der Waals surface area contributed by atoms with Crippen molar-refractivity contribution in [2.75, 3.05) is 13.1 Å². The zero-order valence-corrected chi connectivity index (χ0v) is 11.8. The van der Waals surface area contributed by atoms with Crippen molar-refractivity contribution in [1.82, 2.24) is 15.1 Å². The molecule has 0 aliphatic rings. The Balaban J connectivity index is 2.00. The van der Waals surface area contributed by atoms with Crippen molar-refractivity contribution in [1.29, 1.82) is 0 Å². The van der Waals surface area contributed by atoms with Gasteiger partial charge in [0.15, 0.2) is 0 Å². The molecule has 0 bridgehead atoms. The molecule has 0 spiro atoms. The number of aryl methyl sites for hydroxylation is 1. The number of benzene rings is 1. The molecule has 0 aliphatic carbocycles. The van der Waals surface area contributed by atoms with Crippen molar-refractivity contribution in [3.63, 3.8) is 0 Å². The van der Waals surface area contributed by atoms with Gasteiger partial charge < -0.3 is 5.32 Å². The maximum Gasteiger partial charge on any atom is 0.416 e. The highest BCUT2D eigenvalue weighted by Gasteiger charge is 2.29. The second-order valence-corrected chi connectivity index (χ2v) is 4.79. The molecule has 3 nitrogen and oxygen atoms in total. The molecule has 0 saturated carbocycles. The summed E-state index contributed by atoms with van der Waals surface area (Å²) in [6.07, 6.45) is 1.21. The van der Waals surface area contributed by atoms with E-state index < -0.39 is 11.7 Å². The number of halogens is 3. The van der Waals surface area contributed by atoms with E-state index in [1.165, 1.54) is 12.1 Å². The topological polar surface area (TPSA) is 29.9 Å². The van der Waals surface area contributed by atoms with Crippen LogP contribution in [0.1, 0.15) is 24.5 Å². The summed E-state index contributed by atoms with van der Waals surface area (Å²) in [4.78, 5) is 0. The molecular formula is C15H18F3N3. The third-order valence-electron chi connectivity index (χ3n) is 3.16. The Morgan fingerprint density at radius 3 is 2.52 bits per heavy atom. The number of aromatic nitrogens is 2. The third-order valence-corrected chi connectivity index (χ3v) is 3.16. The number of hydrogen-bond acceptors (Lipinski definition) is 2. The van der Waals surface area contributed by atoms with Crippen LogP contribution in [0.2, 0.25) is 0 Å². The Morgan fingerprint density at radius 1 is 1.19 bits per heavy atom. The Bertz CT molecular complexity index is 558. The van der Waals surface area contributed by atoms with Gasteiger partial charge in [0.1, 0.15) is 0 Å². The van der Waals surface area contributed by atoms with E-state index in [9.17, 15) is 13.2 Å².